The van der Waals surface area contributed by atoms with Crippen molar-refractivity contribution < 1.29 is 9.53 Å². The first-order valence-electron chi connectivity index (χ1n) is 7.52. The second kappa shape index (κ2) is 7.57. The Labute approximate surface area is 142 Å². The highest BCUT2D eigenvalue weighted by molar-refractivity contribution is 7.99. The number of fused-ring (bicyclic) bond motifs is 1. The third kappa shape index (κ3) is 3.89. The van der Waals surface area contributed by atoms with Crippen LogP contribution in [0.15, 0.2) is 18.2 Å². The number of aryl methyl sites for hydroxylation is 1. The summed E-state index contributed by atoms with van der Waals surface area (Å²) in [5, 5.41) is 3.43. The molecule has 2 atom stereocenters. The smallest absolute Gasteiger partial charge is 0.228 e. The molecule has 1 N–H and O–H groups in total. The molecule has 0 saturated carbocycles. The zero-order chi connectivity index (χ0) is 14.8. The highest BCUT2D eigenvalue weighted by atomic mass is 35.5. The lowest BCUT2D eigenvalue weighted by atomic mass is 10.1. The molecule has 0 spiro atoms. The predicted molar refractivity (Wildman–Crippen MR) is 94.6 cm³/mol. The van der Waals surface area contributed by atoms with E-state index in [1.165, 1.54) is 0 Å². The molecule has 0 radical (unpaired) electrons. The standard InChI is InChI=1S/C16H22N2O2S.ClH/c1-11-3-4-14-15(7-11)20-12(2)9-18(14)16(19)8-13-10-21-6-5-17-13;/h3-4,7,12-13,17H,5-6,8-10H2,1-2H3;1H. The van der Waals surface area contributed by atoms with Crippen molar-refractivity contribution in [2.75, 3.05) is 29.5 Å². The number of rotatable bonds is 2. The minimum atomic E-state index is 0. The molecule has 1 amide bonds. The van der Waals surface area contributed by atoms with Crippen LogP contribution in [0.2, 0.25) is 0 Å². The number of amides is 1. The summed E-state index contributed by atoms with van der Waals surface area (Å²) in [6.45, 7) is 5.69. The number of benzene rings is 1. The van der Waals surface area contributed by atoms with Gasteiger partial charge in [0.25, 0.3) is 0 Å². The van der Waals surface area contributed by atoms with E-state index >= 15 is 0 Å². The van der Waals surface area contributed by atoms with Crippen molar-refractivity contribution in [1.82, 2.24) is 5.32 Å². The molecule has 2 aliphatic heterocycles. The van der Waals surface area contributed by atoms with Crippen molar-refractivity contribution in [3.8, 4) is 5.75 Å². The monoisotopic (exact) mass is 342 g/mol. The summed E-state index contributed by atoms with van der Waals surface area (Å²) in [6, 6.07) is 6.34. The van der Waals surface area contributed by atoms with E-state index in [9.17, 15) is 4.79 Å². The summed E-state index contributed by atoms with van der Waals surface area (Å²) in [7, 11) is 0. The van der Waals surface area contributed by atoms with Gasteiger partial charge >= 0.3 is 0 Å². The number of hydrogen-bond donors (Lipinski definition) is 1. The second-order valence-electron chi connectivity index (χ2n) is 5.83. The van der Waals surface area contributed by atoms with Gasteiger partial charge in [0.2, 0.25) is 5.91 Å². The van der Waals surface area contributed by atoms with Gasteiger partial charge in [0.15, 0.2) is 0 Å². The quantitative estimate of drug-likeness (QED) is 0.897. The maximum absolute atomic E-state index is 12.7. The molecule has 2 heterocycles. The van der Waals surface area contributed by atoms with E-state index in [1.54, 1.807) is 0 Å². The first-order valence-corrected chi connectivity index (χ1v) is 8.68. The molecule has 1 fully saturated rings. The average molecular weight is 343 g/mol. The molecule has 2 aliphatic rings. The van der Waals surface area contributed by atoms with Crippen LogP contribution < -0.4 is 15.0 Å². The number of carbonyl (C=O) groups excluding carboxylic acids is 1. The molecule has 1 aromatic carbocycles. The Morgan fingerprint density at radius 2 is 2.32 bits per heavy atom. The lowest BCUT2D eigenvalue weighted by molar-refractivity contribution is -0.119. The molecule has 0 bridgehead atoms. The maximum Gasteiger partial charge on any atom is 0.228 e. The first-order chi connectivity index (χ1) is 10.1. The SMILES string of the molecule is Cc1ccc2c(c1)OC(C)CN2C(=O)CC1CSCCN1.Cl. The van der Waals surface area contributed by atoms with Crippen molar-refractivity contribution >= 4 is 35.8 Å². The molecule has 0 aromatic heterocycles. The maximum atomic E-state index is 12.7. The first kappa shape index (κ1) is 17.4. The molecular formula is C16H23ClN2O2S. The van der Waals surface area contributed by atoms with Gasteiger partial charge in [-0.05, 0) is 31.5 Å². The lowest BCUT2D eigenvalue weighted by Gasteiger charge is -2.35. The van der Waals surface area contributed by atoms with Crippen LogP contribution in [0.5, 0.6) is 5.75 Å². The van der Waals surface area contributed by atoms with Gasteiger partial charge in [-0.2, -0.15) is 11.8 Å². The minimum Gasteiger partial charge on any atom is -0.487 e. The fourth-order valence-electron chi connectivity index (χ4n) is 2.86. The van der Waals surface area contributed by atoms with E-state index in [2.05, 4.69) is 5.32 Å². The molecule has 1 aromatic rings. The summed E-state index contributed by atoms with van der Waals surface area (Å²) < 4.78 is 5.87. The summed E-state index contributed by atoms with van der Waals surface area (Å²) in [5.41, 5.74) is 2.06. The largest absolute Gasteiger partial charge is 0.487 e. The molecule has 2 unspecified atom stereocenters. The van der Waals surface area contributed by atoms with Gasteiger partial charge in [-0.1, -0.05) is 6.07 Å². The van der Waals surface area contributed by atoms with Crippen molar-refractivity contribution in [1.29, 1.82) is 0 Å². The fourth-order valence-corrected chi connectivity index (χ4v) is 3.81. The molecule has 22 heavy (non-hydrogen) atoms. The third-order valence-corrected chi connectivity index (χ3v) is 5.03. The van der Waals surface area contributed by atoms with Gasteiger partial charge in [0.1, 0.15) is 11.9 Å². The van der Waals surface area contributed by atoms with E-state index in [1.807, 2.05) is 48.7 Å². The Morgan fingerprint density at radius 3 is 3.05 bits per heavy atom. The van der Waals surface area contributed by atoms with E-state index < -0.39 is 0 Å². The Kier molecular flexibility index (Phi) is 6.01. The molecule has 0 aliphatic carbocycles. The number of nitrogens with one attached hydrogen (secondary N) is 1. The molecular weight excluding hydrogens is 320 g/mol. The van der Waals surface area contributed by atoms with E-state index in [-0.39, 0.29) is 24.4 Å². The number of nitrogens with zero attached hydrogens (tertiary/aromatic N) is 1. The van der Waals surface area contributed by atoms with Crippen LogP contribution >= 0.6 is 24.2 Å². The fraction of sp³-hybridized carbons (Fsp3) is 0.562. The number of halogens is 1. The van der Waals surface area contributed by atoms with E-state index in [0.717, 1.165) is 35.1 Å². The van der Waals surface area contributed by atoms with E-state index in [4.69, 9.17) is 4.74 Å². The Balaban J connectivity index is 0.00000176. The Morgan fingerprint density at radius 1 is 1.50 bits per heavy atom. The zero-order valence-corrected chi connectivity index (χ0v) is 14.6. The van der Waals surface area contributed by atoms with Crippen LogP contribution in [0, 0.1) is 6.92 Å². The van der Waals surface area contributed by atoms with Crippen LogP contribution in [-0.4, -0.2) is 42.6 Å². The van der Waals surface area contributed by atoms with Crippen LogP contribution in [0.3, 0.4) is 0 Å². The highest BCUT2D eigenvalue weighted by Crippen LogP contribution is 2.34. The predicted octanol–water partition coefficient (Wildman–Crippen LogP) is 2.63. The third-order valence-electron chi connectivity index (χ3n) is 3.89. The van der Waals surface area contributed by atoms with Gasteiger partial charge in [-0.15, -0.1) is 12.4 Å². The molecule has 122 valence electrons. The summed E-state index contributed by atoms with van der Waals surface area (Å²) in [4.78, 5) is 14.6. The molecule has 3 rings (SSSR count). The van der Waals surface area contributed by atoms with Crippen molar-refractivity contribution in [2.24, 2.45) is 0 Å². The van der Waals surface area contributed by atoms with Crippen LogP contribution in [0.25, 0.3) is 0 Å². The topological polar surface area (TPSA) is 41.6 Å². The van der Waals surface area contributed by atoms with Gasteiger partial charge in [-0.25, -0.2) is 0 Å². The number of anilines is 1. The number of carbonyl (C=O) groups is 1. The van der Waals surface area contributed by atoms with Crippen molar-refractivity contribution in [3.63, 3.8) is 0 Å². The van der Waals surface area contributed by atoms with Crippen LogP contribution in [0.4, 0.5) is 5.69 Å². The molecule has 4 nitrogen and oxygen atoms in total. The number of thioether (sulfide) groups is 1. The normalized spacial score (nSPS) is 24.0. The lowest BCUT2D eigenvalue weighted by Crippen LogP contribution is -2.46. The van der Waals surface area contributed by atoms with Crippen LogP contribution in [0.1, 0.15) is 18.9 Å². The molecule has 6 heteroatoms. The minimum absolute atomic E-state index is 0. The highest BCUT2D eigenvalue weighted by Gasteiger charge is 2.29. The summed E-state index contributed by atoms with van der Waals surface area (Å²) >= 11 is 1.92. The Hall–Kier alpha value is -0.910. The second-order valence-corrected chi connectivity index (χ2v) is 6.98. The van der Waals surface area contributed by atoms with Crippen molar-refractivity contribution in [3.05, 3.63) is 23.8 Å². The Bertz CT molecular complexity index is 535. The summed E-state index contributed by atoms with van der Waals surface area (Å²) in [5.74, 6) is 3.18. The number of hydrogen-bond acceptors (Lipinski definition) is 4. The van der Waals surface area contributed by atoms with Crippen molar-refractivity contribution in [2.45, 2.75) is 32.4 Å². The average Bonchev–Trinajstić information content (AvgIpc) is 2.47. The van der Waals surface area contributed by atoms with Crippen LogP contribution in [-0.2, 0) is 4.79 Å². The van der Waals surface area contributed by atoms with Gasteiger partial charge < -0.3 is 15.0 Å². The number of ether oxygens (including phenoxy) is 1. The molecule has 1 saturated heterocycles. The van der Waals surface area contributed by atoms with Gasteiger partial charge in [-0.3, -0.25) is 4.79 Å². The zero-order valence-electron chi connectivity index (χ0n) is 13.0. The van der Waals surface area contributed by atoms with E-state index in [0.29, 0.717) is 19.0 Å². The van der Waals surface area contributed by atoms with Gasteiger partial charge in [0, 0.05) is 30.5 Å². The summed E-state index contributed by atoms with van der Waals surface area (Å²) in [6.07, 6.45) is 0.601. The van der Waals surface area contributed by atoms with Gasteiger partial charge in [0.05, 0.1) is 12.2 Å².